The number of rotatable bonds is 3. The first-order valence-electron chi connectivity index (χ1n) is 11.2. The maximum atomic E-state index is 13.3. The molecule has 5 rings (SSSR count). The van der Waals surface area contributed by atoms with Gasteiger partial charge >= 0.3 is 0 Å². The summed E-state index contributed by atoms with van der Waals surface area (Å²) >= 11 is 0. The van der Waals surface area contributed by atoms with E-state index in [4.69, 9.17) is 0 Å². The Labute approximate surface area is 179 Å². The average molecular weight is 422 g/mol. The summed E-state index contributed by atoms with van der Waals surface area (Å²) in [5, 5.41) is 8.08. The number of nitrogens with zero attached hydrogens (tertiary/aromatic N) is 3. The third-order valence-electron chi connectivity index (χ3n) is 6.64. The zero-order valence-corrected chi connectivity index (χ0v) is 17.5. The molecule has 0 bridgehead atoms. The molecule has 2 fully saturated rings. The van der Waals surface area contributed by atoms with E-state index in [1.165, 1.54) is 25.5 Å². The Hall–Kier alpha value is -3.16. The first-order chi connectivity index (χ1) is 15.1. The number of amides is 2. The van der Waals surface area contributed by atoms with Crippen LogP contribution in [0.5, 0.6) is 0 Å². The van der Waals surface area contributed by atoms with Gasteiger partial charge in [0, 0.05) is 19.1 Å². The Morgan fingerprint density at radius 1 is 1.06 bits per heavy atom. The number of nitrogens with one attached hydrogen (secondary N) is 2. The minimum atomic E-state index is -0.249. The lowest BCUT2D eigenvalue weighted by Crippen LogP contribution is -2.48. The monoisotopic (exact) mass is 421 g/mol. The first-order valence-corrected chi connectivity index (χ1v) is 11.2. The maximum absolute atomic E-state index is 13.3. The third-order valence-corrected chi connectivity index (χ3v) is 6.64. The van der Waals surface area contributed by atoms with E-state index < -0.39 is 0 Å². The third kappa shape index (κ3) is 3.71. The normalized spacial score (nSPS) is 20.3. The van der Waals surface area contributed by atoms with Crippen molar-refractivity contribution >= 4 is 28.4 Å². The summed E-state index contributed by atoms with van der Waals surface area (Å²) < 4.78 is 1.60. The molecule has 1 saturated heterocycles. The van der Waals surface area contributed by atoms with Crippen molar-refractivity contribution in [2.45, 2.75) is 51.0 Å². The van der Waals surface area contributed by atoms with Crippen LogP contribution in [0.15, 0.2) is 35.3 Å². The lowest BCUT2D eigenvalue weighted by molar-refractivity contribution is -0.127. The predicted molar refractivity (Wildman–Crippen MR) is 117 cm³/mol. The van der Waals surface area contributed by atoms with Gasteiger partial charge in [0.2, 0.25) is 5.91 Å². The van der Waals surface area contributed by atoms with E-state index in [0.29, 0.717) is 35.2 Å². The van der Waals surface area contributed by atoms with Gasteiger partial charge in [-0.2, -0.15) is 5.10 Å². The summed E-state index contributed by atoms with van der Waals surface area (Å²) in [5.41, 5.74) is 1.16. The van der Waals surface area contributed by atoms with Gasteiger partial charge in [-0.25, -0.2) is 4.52 Å². The molecule has 0 radical (unpaired) electrons. The molecule has 1 unspecified atom stereocenters. The lowest BCUT2D eigenvalue weighted by atomic mass is 9.93. The molecule has 1 aliphatic carbocycles. The maximum Gasteiger partial charge on any atom is 0.259 e. The topological polar surface area (TPSA) is 99.6 Å². The summed E-state index contributed by atoms with van der Waals surface area (Å²) in [4.78, 5) is 43.1. The highest BCUT2D eigenvalue weighted by Gasteiger charge is 2.31. The molecule has 162 valence electrons. The van der Waals surface area contributed by atoms with Crippen LogP contribution in [-0.2, 0) is 4.79 Å². The number of hydrogen-bond donors (Lipinski definition) is 2. The highest BCUT2D eigenvalue weighted by Crippen LogP contribution is 2.23. The summed E-state index contributed by atoms with van der Waals surface area (Å²) in [6.07, 6.45) is 8.76. The molecular formula is C23H27N5O3. The van der Waals surface area contributed by atoms with Crippen LogP contribution in [0.1, 0.15) is 55.3 Å². The minimum absolute atomic E-state index is 0.0589. The van der Waals surface area contributed by atoms with Crippen LogP contribution in [0, 0.1) is 5.92 Å². The van der Waals surface area contributed by atoms with Crippen molar-refractivity contribution in [1.29, 1.82) is 0 Å². The number of likely N-dealkylation sites (tertiary alicyclic amines) is 1. The van der Waals surface area contributed by atoms with Crippen LogP contribution < -0.4 is 10.9 Å². The van der Waals surface area contributed by atoms with Crippen LogP contribution in [-0.4, -0.2) is 50.4 Å². The molecule has 2 N–H and O–H groups in total. The van der Waals surface area contributed by atoms with Gasteiger partial charge in [0.1, 0.15) is 11.2 Å². The minimum Gasteiger partial charge on any atom is -0.353 e. The van der Waals surface area contributed by atoms with Gasteiger partial charge in [0.05, 0.1) is 23.0 Å². The van der Waals surface area contributed by atoms with Crippen LogP contribution in [0.25, 0.3) is 16.6 Å². The van der Waals surface area contributed by atoms with Crippen molar-refractivity contribution in [3.8, 4) is 0 Å². The molecular weight excluding hydrogens is 394 g/mol. The molecule has 2 amide bonds. The van der Waals surface area contributed by atoms with Gasteiger partial charge in [0.25, 0.3) is 11.5 Å². The van der Waals surface area contributed by atoms with E-state index >= 15 is 0 Å². The Balaban J connectivity index is 1.36. The molecule has 1 saturated carbocycles. The standard InChI is InChI=1S/C23H27N5O3/c29-21(25-16-8-2-1-3-9-16)15-7-6-12-27(14-15)23(31)18-13-24-28-19-11-5-4-10-17(19)22(30)26-20(18)28/h4-5,10-11,13,15-16H,1-3,6-9,12,14H2,(H,25,29)(H,26,30). The van der Waals surface area contributed by atoms with E-state index in [1.54, 1.807) is 21.5 Å². The number of benzene rings is 1. The van der Waals surface area contributed by atoms with Gasteiger partial charge in [-0.05, 0) is 37.8 Å². The van der Waals surface area contributed by atoms with Crippen LogP contribution in [0.2, 0.25) is 0 Å². The van der Waals surface area contributed by atoms with Crippen LogP contribution in [0.3, 0.4) is 0 Å². The number of H-pyrrole nitrogens is 1. The van der Waals surface area contributed by atoms with E-state index in [0.717, 1.165) is 25.7 Å². The van der Waals surface area contributed by atoms with Crippen LogP contribution in [0.4, 0.5) is 0 Å². The predicted octanol–water partition coefficient (Wildman–Crippen LogP) is 2.48. The van der Waals surface area contributed by atoms with Gasteiger partial charge in [-0.15, -0.1) is 0 Å². The van der Waals surface area contributed by atoms with Gasteiger partial charge < -0.3 is 15.2 Å². The molecule has 2 aliphatic rings. The zero-order chi connectivity index (χ0) is 21.4. The molecule has 0 spiro atoms. The summed E-state index contributed by atoms with van der Waals surface area (Å²) in [5.74, 6) is -0.332. The Morgan fingerprint density at radius 3 is 2.71 bits per heavy atom. The zero-order valence-electron chi connectivity index (χ0n) is 17.5. The number of piperidine rings is 1. The molecule has 3 heterocycles. The molecule has 8 heteroatoms. The molecule has 3 aromatic rings. The fourth-order valence-corrected chi connectivity index (χ4v) is 4.95. The fourth-order valence-electron chi connectivity index (χ4n) is 4.95. The van der Waals surface area contributed by atoms with E-state index in [2.05, 4.69) is 15.4 Å². The molecule has 31 heavy (non-hydrogen) atoms. The fraction of sp³-hybridized carbons (Fsp3) is 0.478. The van der Waals surface area contributed by atoms with E-state index in [1.807, 2.05) is 12.1 Å². The summed E-state index contributed by atoms with van der Waals surface area (Å²) in [6.45, 7) is 0.994. The van der Waals surface area contributed by atoms with Gasteiger partial charge in [-0.3, -0.25) is 14.4 Å². The van der Waals surface area contributed by atoms with Crippen molar-refractivity contribution in [2.24, 2.45) is 5.92 Å². The summed E-state index contributed by atoms with van der Waals surface area (Å²) in [6, 6.07) is 7.45. The molecule has 1 aliphatic heterocycles. The Bertz CT molecular complexity index is 1190. The van der Waals surface area contributed by atoms with Crippen molar-refractivity contribution in [2.75, 3.05) is 13.1 Å². The number of fused-ring (bicyclic) bond motifs is 3. The van der Waals surface area contributed by atoms with Gasteiger partial charge in [-0.1, -0.05) is 31.4 Å². The van der Waals surface area contributed by atoms with E-state index in [-0.39, 0.29) is 29.3 Å². The number of carbonyl (C=O) groups is 2. The number of hydrogen-bond acceptors (Lipinski definition) is 4. The second-order valence-corrected chi connectivity index (χ2v) is 8.72. The first kappa shape index (κ1) is 19.8. The van der Waals surface area contributed by atoms with Crippen molar-refractivity contribution in [1.82, 2.24) is 24.8 Å². The second kappa shape index (κ2) is 8.17. The van der Waals surface area contributed by atoms with Crippen molar-refractivity contribution in [3.63, 3.8) is 0 Å². The quantitative estimate of drug-likeness (QED) is 0.679. The highest BCUT2D eigenvalue weighted by atomic mass is 16.2. The van der Waals surface area contributed by atoms with E-state index in [9.17, 15) is 14.4 Å². The summed E-state index contributed by atoms with van der Waals surface area (Å²) in [7, 11) is 0. The Morgan fingerprint density at radius 2 is 1.87 bits per heavy atom. The molecule has 1 aromatic carbocycles. The highest BCUT2D eigenvalue weighted by molar-refractivity contribution is 6.01. The average Bonchev–Trinajstić information content (AvgIpc) is 3.23. The molecule has 2 aromatic heterocycles. The number of para-hydroxylation sites is 1. The molecule has 1 atom stereocenters. The largest absolute Gasteiger partial charge is 0.353 e. The Kier molecular flexibility index (Phi) is 5.21. The molecule has 8 nitrogen and oxygen atoms in total. The van der Waals surface area contributed by atoms with Gasteiger partial charge in [0.15, 0.2) is 0 Å². The SMILES string of the molecule is O=C(NC1CCCCC1)C1CCCN(C(=O)c2cnn3c2[nH]c(=O)c2ccccc23)C1. The van der Waals surface area contributed by atoms with Crippen molar-refractivity contribution < 1.29 is 9.59 Å². The van der Waals surface area contributed by atoms with Crippen molar-refractivity contribution in [3.05, 3.63) is 46.4 Å². The lowest BCUT2D eigenvalue weighted by Gasteiger charge is -2.33. The number of aromatic nitrogens is 3. The number of carbonyl (C=O) groups excluding carboxylic acids is 2. The number of aromatic amines is 1. The van der Waals surface area contributed by atoms with Crippen LogP contribution >= 0.6 is 0 Å². The smallest absolute Gasteiger partial charge is 0.259 e. The second-order valence-electron chi connectivity index (χ2n) is 8.72.